The molecular formula is C14H12N2O. The third-order valence-corrected chi connectivity index (χ3v) is 2.27. The van der Waals surface area contributed by atoms with E-state index in [4.69, 9.17) is 10.5 Å². The maximum absolute atomic E-state index is 5.70. The molecule has 3 nitrogen and oxygen atoms in total. The molecule has 0 radical (unpaired) electrons. The molecule has 2 N–H and O–H groups in total. The van der Waals surface area contributed by atoms with E-state index in [1.807, 2.05) is 36.4 Å². The van der Waals surface area contributed by atoms with Gasteiger partial charge < -0.3 is 10.5 Å². The fraction of sp³-hybridized carbons (Fsp3) is 0.0714. The Labute approximate surface area is 100 Å². The first-order chi connectivity index (χ1) is 8.29. The Morgan fingerprint density at radius 3 is 2.53 bits per heavy atom. The fourth-order valence-corrected chi connectivity index (χ4v) is 1.34. The van der Waals surface area contributed by atoms with Crippen LogP contribution < -0.4 is 10.5 Å². The summed E-state index contributed by atoms with van der Waals surface area (Å²) in [6.45, 7) is 0. The summed E-state index contributed by atoms with van der Waals surface area (Å²) in [4.78, 5) is 3.97. The van der Waals surface area contributed by atoms with Gasteiger partial charge in [0.1, 0.15) is 11.6 Å². The lowest BCUT2D eigenvalue weighted by molar-refractivity contribution is 0.415. The molecule has 17 heavy (non-hydrogen) atoms. The average Bonchev–Trinajstić information content (AvgIpc) is 2.38. The molecule has 0 amide bonds. The van der Waals surface area contributed by atoms with Crippen molar-refractivity contribution >= 4 is 5.82 Å². The summed E-state index contributed by atoms with van der Waals surface area (Å²) < 4.78 is 5.07. The summed E-state index contributed by atoms with van der Waals surface area (Å²) in [5, 5.41) is 0. The highest BCUT2D eigenvalue weighted by Gasteiger charge is 1.94. The van der Waals surface area contributed by atoms with Gasteiger partial charge in [0.15, 0.2) is 0 Å². The zero-order valence-electron chi connectivity index (χ0n) is 9.47. The zero-order chi connectivity index (χ0) is 12.1. The van der Waals surface area contributed by atoms with E-state index >= 15 is 0 Å². The first kappa shape index (κ1) is 11.0. The third-order valence-electron chi connectivity index (χ3n) is 2.27. The van der Waals surface area contributed by atoms with Gasteiger partial charge >= 0.3 is 0 Å². The molecule has 0 aliphatic heterocycles. The van der Waals surface area contributed by atoms with Crippen molar-refractivity contribution in [3.05, 3.63) is 53.7 Å². The number of hydrogen-bond donors (Lipinski definition) is 1. The molecule has 0 atom stereocenters. The Balaban J connectivity index is 2.24. The van der Waals surface area contributed by atoms with Crippen LogP contribution in [0.15, 0.2) is 42.6 Å². The van der Waals surface area contributed by atoms with Crippen LogP contribution in [0.25, 0.3) is 0 Å². The average molecular weight is 224 g/mol. The van der Waals surface area contributed by atoms with E-state index in [2.05, 4.69) is 16.8 Å². The van der Waals surface area contributed by atoms with Crippen molar-refractivity contribution in [3.63, 3.8) is 0 Å². The number of rotatable bonds is 1. The van der Waals surface area contributed by atoms with E-state index in [1.165, 1.54) is 0 Å². The molecule has 0 saturated heterocycles. The van der Waals surface area contributed by atoms with Crippen LogP contribution in [0.2, 0.25) is 0 Å². The summed E-state index contributed by atoms with van der Waals surface area (Å²) in [7, 11) is 1.64. The number of nitrogens with two attached hydrogens (primary N) is 1. The summed E-state index contributed by atoms with van der Waals surface area (Å²) in [5.41, 5.74) is 7.35. The Morgan fingerprint density at radius 2 is 1.88 bits per heavy atom. The first-order valence-corrected chi connectivity index (χ1v) is 5.16. The van der Waals surface area contributed by atoms with Crippen molar-refractivity contribution in [2.45, 2.75) is 0 Å². The number of nitrogen functional groups attached to an aromatic ring is 1. The number of hydrogen-bond acceptors (Lipinski definition) is 3. The molecule has 0 unspecified atom stereocenters. The molecule has 0 bridgehead atoms. The van der Waals surface area contributed by atoms with E-state index in [1.54, 1.807) is 13.3 Å². The van der Waals surface area contributed by atoms with Gasteiger partial charge in [0.05, 0.1) is 12.7 Å². The molecule has 0 fully saturated rings. The van der Waals surface area contributed by atoms with Gasteiger partial charge in [0, 0.05) is 11.8 Å². The predicted octanol–water partition coefficient (Wildman–Crippen LogP) is 2.07. The van der Waals surface area contributed by atoms with Gasteiger partial charge in [-0.15, -0.1) is 0 Å². The van der Waals surface area contributed by atoms with E-state index in [9.17, 15) is 0 Å². The Morgan fingerprint density at radius 1 is 1.12 bits per heavy atom. The summed E-state index contributed by atoms with van der Waals surface area (Å²) in [6, 6.07) is 11.2. The minimum absolute atomic E-state index is 0.452. The van der Waals surface area contributed by atoms with Crippen molar-refractivity contribution in [1.82, 2.24) is 4.98 Å². The number of aromatic nitrogens is 1. The summed E-state index contributed by atoms with van der Waals surface area (Å²) in [5.74, 6) is 7.28. The highest BCUT2D eigenvalue weighted by molar-refractivity contribution is 5.53. The second kappa shape index (κ2) is 5.04. The van der Waals surface area contributed by atoms with Gasteiger partial charge in [-0.2, -0.15) is 0 Å². The number of methoxy groups -OCH3 is 1. The van der Waals surface area contributed by atoms with Crippen LogP contribution in [-0.4, -0.2) is 12.1 Å². The number of benzene rings is 1. The molecule has 2 aromatic rings. The van der Waals surface area contributed by atoms with Crippen molar-refractivity contribution < 1.29 is 4.74 Å². The van der Waals surface area contributed by atoms with Crippen molar-refractivity contribution in [2.75, 3.05) is 12.8 Å². The normalized spacial score (nSPS) is 9.24. The summed E-state index contributed by atoms with van der Waals surface area (Å²) in [6.07, 6.45) is 1.65. The molecule has 0 spiro atoms. The summed E-state index contributed by atoms with van der Waals surface area (Å²) >= 11 is 0. The zero-order valence-corrected chi connectivity index (χ0v) is 9.47. The SMILES string of the molecule is COc1ccc(C#Cc2cccnc2N)cc1. The molecule has 3 heteroatoms. The highest BCUT2D eigenvalue weighted by Crippen LogP contribution is 2.11. The van der Waals surface area contributed by atoms with Crippen molar-refractivity contribution in [1.29, 1.82) is 0 Å². The monoisotopic (exact) mass is 224 g/mol. The van der Waals surface area contributed by atoms with E-state index in [0.717, 1.165) is 16.9 Å². The molecule has 1 aromatic heterocycles. The van der Waals surface area contributed by atoms with Gasteiger partial charge in [-0.05, 0) is 36.4 Å². The van der Waals surface area contributed by atoms with Crippen LogP contribution in [0, 0.1) is 11.8 Å². The standard InChI is InChI=1S/C14H12N2O/c1-17-13-8-5-11(6-9-13)4-7-12-3-2-10-16-14(12)15/h2-3,5-6,8-10H,1H3,(H2,15,16). The number of pyridine rings is 1. The molecule has 1 heterocycles. The number of anilines is 1. The van der Waals surface area contributed by atoms with E-state index in [0.29, 0.717) is 5.82 Å². The molecule has 84 valence electrons. The fourth-order valence-electron chi connectivity index (χ4n) is 1.34. The smallest absolute Gasteiger partial charge is 0.139 e. The van der Waals surface area contributed by atoms with Gasteiger partial charge in [-0.25, -0.2) is 4.98 Å². The molecule has 0 aliphatic rings. The van der Waals surface area contributed by atoms with E-state index in [-0.39, 0.29) is 0 Å². The first-order valence-electron chi connectivity index (χ1n) is 5.16. The maximum atomic E-state index is 5.70. The number of ether oxygens (including phenoxy) is 1. The van der Waals surface area contributed by atoms with Crippen LogP contribution in [0.3, 0.4) is 0 Å². The predicted molar refractivity (Wildman–Crippen MR) is 67.6 cm³/mol. The lowest BCUT2D eigenvalue weighted by Crippen LogP contribution is -1.92. The van der Waals surface area contributed by atoms with Gasteiger partial charge in [-0.1, -0.05) is 11.8 Å². The Hall–Kier alpha value is -2.47. The Kier molecular flexibility index (Phi) is 3.27. The van der Waals surface area contributed by atoms with Gasteiger partial charge in [0.2, 0.25) is 0 Å². The molecule has 1 aromatic carbocycles. The van der Waals surface area contributed by atoms with Crippen LogP contribution in [-0.2, 0) is 0 Å². The van der Waals surface area contributed by atoms with Crippen LogP contribution in [0.4, 0.5) is 5.82 Å². The largest absolute Gasteiger partial charge is 0.497 e. The Bertz CT molecular complexity index is 565. The second-order valence-corrected chi connectivity index (χ2v) is 3.41. The molecule has 2 rings (SSSR count). The lowest BCUT2D eigenvalue weighted by Gasteiger charge is -1.97. The third kappa shape index (κ3) is 2.76. The van der Waals surface area contributed by atoms with E-state index < -0.39 is 0 Å². The van der Waals surface area contributed by atoms with Crippen molar-refractivity contribution in [2.24, 2.45) is 0 Å². The molecule has 0 saturated carbocycles. The van der Waals surface area contributed by atoms with Crippen LogP contribution in [0.1, 0.15) is 11.1 Å². The molecular weight excluding hydrogens is 212 g/mol. The minimum atomic E-state index is 0.452. The van der Waals surface area contributed by atoms with Crippen LogP contribution >= 0.6 is 0 Å². The second-order valence-electron chi connectivity index (χ2n) is 3.41. The molecule has 0 aliphatic carbocycles. The van der Waals surface area contributed by atoms with Crippen LogP contribution in [0.5, 0.6) is 5.75 Å². The lowest BCUT2D eigenvalue weighted by atomic mass is 10.2. The minimum Gasteiger partial charge on any atom is -0.497 e. The quantitative estimate of drug-likeness (QED) is 0.754. The topological polar surface area (TPSA) is 48.1 Å². The van der Waals surface area contributed by atoms with Crippen molar-refractivity contribution in [3.8, 4) is 17.6 Å². The number of nitrogens with zero attached hydrogens (tertiary/aromatic N) is 1. The van der Waals surface area contributed by atoms with Gasteiger partial charge in [0.25, 0.3) is 0 Å². The van der Waals surface area contributed by atoms with Gasteiger partial charge in [-0.3, -0.25) is 0 Å². The maximum Gasteiger partial charge on any atom is 0.139 e. The highest BCUT2D eigenvalue weighted by atomic mass is 16.5.